The molecular formula is C20H32FN5O. The van der Waals surface area contributed by atoms with Crippen molar-refractivity contribution in [2.45, 2.75) is 38.6 Å². The number of carbonyl (C=O) groups excluding carboxylic acids is 1. The SMILES string of the molecule is CCCCNC(=NCC(=O)N(C)C)NC1CCCN(c2cccc(F)c2)C1. The number of guanidine groups is 1. The Kier molecular flexibility index (Phi) is 8.36. The van der Waals surface area contributed by atoms with Gasteiger partial charge in [-0.15, -0.1) is 0 Å². The van der Waals surface area contributed by atoms with Gasteiger partial charge >= 0.3 is 0 Å². The molecule has 150 valence electrons. The Morgan fingerprint density at radius 3 is 2.93 bits per heavy atom. The van der Waals surface area contributed by atoms with Crippen molar-refractivity contribution in [3.05, 3.63) is 30.1 Å². The minimum Gasteiger partial charge on any atom is -0.369 e. The summed E-state index contributed by atoms with van der Waals surface area (Å²) in [6, 6.07) is 6.92. The van der Waals surface area contributed by atoms with Gasteiger partial charge in [0.05, 0.1) is 0 Å². The van der Waals surface area contributed by atoms with Crippen molar-refractivity contribution in [2.24, 2.45) is 4.99 Å². The van der Waals surface area contributed by atoms with E-state index in [4.69, 9.17) is 0 Å². The number of hydrogen-bond acceptors (Lipinski definition) is 3. The van der Waals surface area contributed by atoms with Crippen molar-refractivity contribution in [3.8, 4) is 0 Å². The van der Waals surface area contributed by atoms with Gasteiger partial charge in [0, 0.05) is 45.5 Å². The third kappa shape index (κ3) is 7.07. The number of halogens is 1. The number of carbonyl (C=O) groups is 1. The van der Waals surface area contributed by atoms with Gasteiger partial charge in [-0.1, -0.05) is 19.4 Å². The standard InChI is InChI=1S/C20H32FN5O/c1-4-5-11-22-20(23-14-19(27)25(2)3)24-17-9-7-12-26(15-17)18-10-6-8-16(21)13-18/h6,8,10,13,17H,4-5,7,9,11-12,14-15H2,1-3H3,(H2,22,23,24). The molecule has 1 heterocycles. The van der Waals surface area contributed by atoms with Gasteiger partial charge < -0.3 is 20.4 Å². The number of likely N-dealkylation sites (N-methyl/N-ethyl adjacent to an activating group) is 1. The lowest BCUT2D eigenvalue weighted by Crippen LogP contribution is -2.51. The van der Waals surface area contributed by atoms with Crippen molar-refractivity contribution in [1.29, 1.82) is 0 Å². The molecule has 1 amide bonds. The van der Waals surface area contributed by atoms with Crippen LogP contribution in [0.15, 0.2) is 29.3 Å². The number of piperidine rings is 1. The van der Waals surface area contributed by atoms with Gasteiger partial charge in [-0.05, 0) is 37.5 Å². The molecule has 1 unspecified atom stereocenters. The highest BCUT2D eigenvalue weighted by atomic mass is 19.1. The second-order valence-electron chi connectivity index (χ2n) is 7.14. The number of hydrogen-bond donors (Lipinski definition) is 2. The predicted molar refractivity (Wildman–Crippen MR) is 109 cm³/mol. The normalized spacial score (nSPS) is 17.6. The molecule has 27 heavy (non-hydrogen) atoms. The molecule has 0 bridgehead atoms. The Bertz CT molecular complexity index is 635. The van der Waals surface area contributed by atoms with Crippen molar-refractivity contribution in [2.75, 3.05) is 45.2 Å². The summed E-state index contributed by atoms with van der Waals surface area (Å²) < 4.78 is 13.5. The zero-order chi connectivity index (χ0) is 19.6. The fourth-order valence-corrected chi connectivity index (χ4v) is 3.02. The van der Waals surface area contributed by atoms with Gasteiger partial charge in [0.2, 0.25) is 5.91 Å². The fraction of sp³-hybridized carbons (Fsp3) is 0.600. The van der Waals surface area contributed by atoms with E-state index in [0.29, 0.717) is 5.96 Å². The second kappa shape index (κ2) is 10.7. The summed E-state index contributed by atoms with van der Waals surface area (Å²) in [7, 11) is 3.46. The van der Waals surface area contributed by atoms with Crippen LogP contribution < -0.4 is 15.5 Å². The summed E-state index contributed by atoms with van der Waals surface area (Å²) in [4.78, 5) is 20.0. The number of rotatable bonds is 7. The summed E-state index contributed by atoms with van der Waals surface area (Å²) >= 11 is 0. The highest BCUT2D eigenvalue weighted by molar-refractivity contribution is 5.85. The Labute approximate surface area is 161 Å². The van der Waals surface area contributed by atoms with Crippen LogP contribution in [0.5, 0.6) is 0 Å². The number of unbranched alkanes of at least 4 members (excludes halogenated alkanes) is 1. The Morgan fingerprint density at radius 1 is 1.41 bits per heavy atom. The van der Waals surface area contributed by atoms with Crippen LogP contribution in [0.25, 0.3) is 0 Å². The molecule has 1 saturated heterocycles. The van der Waals surface area contributed by atoms with E-state index >= 15 is 0 Å². The minimum absolute atomic E-state index is 0.0309. The lowest BCUT2D eigenvalue weighted by atomic mass is 10.0. The van der Waals surface area contributed by atoms with Crippen LogP contribution in [0.2, 0.25) is 0 Å². The molecule has 1 aromatic rings. The maximum absolute atomic E-state index is 13.5. The first kappa shape index (κ1) is 21.0. The smallest absolute Gasteiger partial charge is 0.243 e. The molecule has 0 aliphatic carbocycles. The largest absolute Gasteiger partial charge is 0.369 e. The van der Waals surface area contributed by atoms with Crippen LogP contribution in [0, 0.1) is 5.82 Å². The van der Waals surface area contributed by atoms with E-state index in [1.807, 2.05) is 6.07 Å². The minimum atomic E-state index is -0.215. The number of amides is 1. The van der Waals surface area contributed by atoms with E-state index in [-0.39, 0.29) is 24.3 Å². The maximum atomic E-state index is 13.5. The monoisotopic (exact) mass is 377 g/mol. The van der Waals surface area contributed by atoms with Gasteiger partial charge in [0.1, 0.15) is 12.4 Å². The first-order valence-electron chi connectivity index (χ1n) is 9.75. The molecule has 2 N–H and O–H groups in total. The third-order valence-corrected chi connectivity index (χ3v) is 4.63. The van der Waals surface area contributed by atoms with Gasteiger partial charge in [-0.3, -0.25) is 4.79 Å². The first-order valence-corrected chi connectivity index (χ1v) is 9.75. The lowest BCUT2D eigenvalue weighted by Gasteiger charge is -2.35. The molecule has 0 aromatic heterocycles. The van der Waals surface area contributed by atoms with Crippen molar-refractivity contribution in [3.63, 3.8) is 0 Å². The Balaban J connectivity index is 1.99. The summed E-state index contributed by atoms with van der Waals surface area (Å²) in [6.07, 6.45) is 4.17. The molecular weight excluding hydrogens is 345 g/mol. The average Bonchev–Trinajstić information content (AvgIpc) is 2.66. The number of benzene rings is 1. The van der Waals surface area contributed by atoms with Crippen LogP contribution in [0.3, 0.4) is 0 Å². The van der Waals surface area contributed by atoms with Crippen LogP contribution in [0.1, 0.15) is 32.6 Å². The van der Waals surface area contributed by atoms with E-state index in [9.17, 15) is 9.18 Å². The first-order chi connectivity index (χ1) is 13.0. The van der Waals surface area contributed by atoms with Crippen LogP contribution in [0.4, 0.5) is 10.1 Å². The molecule has 1 atom stereocenters. The molecule has 1 aliphatic heterocycles. The molecule has 2 rings (SSSR count). The highest BCUT2D eigenvalue weighted by Crippen LogP contribution is 2.20. The van der Waals surface area contributed by atoms with E-state index in [0.717, 1.165) is 51.0 Å². The summed E-state index contributed by atoms with van der Waals surface area (Å²) in [6.45, 7) is 4.77. The summed E-state index contributed by atoms with van der Waals surface area (Å²) in [5, 5.41) is 6.77. The van der Waals surface area contributed by atoms with Gasteiger partial charge in [-0.2, -0.15) is 0 Å². The molecule has 7 heteroatoms. The molecule has 6 nitrogen and oxygen atoms in total. The summed E-state index contributed by atoms with van der Waals surface area (Å²) in [5.74, 6) is 0.426. The lowest BCUT2D eigenvalue weighted by molar-refractivity contribution is -0.127. The number of nitrogens with zero attached hydrogens (tertiary/aromatic N) is 3. The highest BCUT2D eigenvalue weighted by Gasteiger charge is 2.21. The molecule has 0 radical (unpaired) electrons. The van der Waals surface area contributed by atoms with E-state index < -0.39 is 0 Å². The zero-order valence-electron chi connectivity index (χ0n) is 16.7. The Hall–Kier alpha value is -2.31. The summed E-state index contributed by atoms with van der Waals surface area (Å²) in [5.41, 5.74) is 0.904. The molecule has 1 fully saturated rings. The van der Waals surface area contributed by atoms with Gasteiger partial charge in [0.15, 0.2) is 5.96 Å². The average molecular weight is 378 g/mol. The second-order valence-corrected chi connectivity index (χ2v) is 7.14. The number of anilines is 1. The van der Waals surface area contributed by atoms with E-state index in [2.05, 4.69) is 27.4 Å². The Morgan fingerprint density at radius 2 is 2.22 bits per heavy atom. The van der Waals surface area contributed by atoms with Crippen LogP contribution in [-0.2, 0) is 4.79 Å². The number of nitrogens with one attached hydrogen (secondary N) is 2. The molecule has 1 aliphatic rings. The zero-order valence-corrected chi connectivity index (χ0v) is 16.7. The van der Waals surface area contributed by atoms with Crippen molar-refractivity contribution >= 4 is 17.6 Å². The molecule has 1 aromatic carbocycles. The predicted octanol–water partition coefficient (Wildman–Crippen LogP) is 2.22. The van der Waals surface area contributed by atoms with Gasteiger partial charge in [0.25, 0.3) is 0 Å². The van der Waals surface area contributed by atoms with Crippen LogP contribution >= 0.6 is 0 Å². The van der Waals surface area contributed by atoms with Gasteiger partial charge in [-0.25, -0.2) is 9.38 Å². The number of aliphatic imine (C=N–C) groups is 1. The quantitative estimate of drug-likeness (QED) is 0.435. The van der Waals surface area contributed by atoms with E-state index in [1.165, 1.54) is 6.07 Å². The maximum Gasteiger partial charge on any atom is 0.243 e. The molecule has 0 saturated carbocycles. The van der Waals surface area contributed by atoms with Crippen LogP contribution in [-0.4, -0.2) is 63.1 Å². The topological polar surface area (TPSA) is 60.0 Å². The van der Waals surface area contributed by atoms with Crippen molar-refractivity contribution < 1.29 is 9.18 Å². The molecule has 0 spiro atoms. The van der Waals surface area contributed by atoms with Crippen molar-refractivity contribution in [1.82, 2.24) is 15.5 Å². The van der Waals surface area contributed by atoms with E-state index in [1.54, 1.807) is 31.1 Å². The third-order valence-electron chi connectivity index (χ3n) is 4.63. The fourth-order valence-electron chi connectivity index (χ4n) is 3.02.